The van der Waals surface area contributed by atoms with Crippen molar-refractivity contribution in [1.82, 2.24) is 0 Å². The minimum absolute atomic E-state index is 0.0394. The predicted molar refractivity (Wildman–Crippen MR) is 60.2 cm³/mol. The number of carbonyl (C=O) groups is 1. The summed E-state index contributed by atoms with van der Waals surface area (Å²) in [7, 11) is 0. The number of nitro benzene ring substituents is 1. The second kappa shape index (κ2) is 4.40. The summed E-state index contributed by atoms with van der Waals surface area (Å²) in [5.41, 5.74) is -1.30. The number of nitro groups is 1. The summed E-state index contributed by atoms with van der Waals surface area (Å²) in [6.45, 7) is 4.24. The molecule has 0 amide bonds. The van der Waals surface area contributed by atoms with Crippen LogP contribution in [0.2, 0.25) is 0 Å². The molecule has 0 aliphatic carbocycles. The molecular formula is C11H13NO5. The molecule has 0 radical (unpaired) electrons. The first-order valence-corrected chi connectivity index (χ1v) is 4.92. The molecule has 0 bridgehead atoms. The number of carboxylic acids is 1. The second-order valence-corrected chi connectivity index (χ2v) is 4.10. The Morgan fingerprint density at radius 2 is 2.06 bits per heavy atom. The molecule has 6 nitrogen and oxygen atoms in total. The van der Waals surface area contributed by atoms with Gasteiger partial charge in [0.05, 0.1) is 4.92 Å². The topological polar surface area (TPSA) is 89.7 Å². The van der Waals surface area contributed by atoms with Gasteiger partial charge in [-0.25, -0.2) is 4.79 Å². The van der Waals surface area contributed by atoms with Gasteiger partial charge in [-0.15, -0.1) is 0 Å². The number of nitrogens with zero attached hydrogens (tertiary/aromatic N) is 1. The highest BCUT2D eigenvalue weighted by molar-refractivity contribution is 5.77. The number of carboxylic acid groups (broad SMARTS) is 1. The molecule has 0 atom stereocenters. The van der Waals surface area contributed by atoms with Crippen molar-refractivity contribution in [1.29, 1.82) is 0 Å². The van der Waals surface area contributed by atoms with Gasteiger partial charge in [0.25, 0.3) is 0 Å². The first kappa shape index (κ1) is 13.0. The number of hydrogen-bond acceptors (Lipinski definition) is 4. The lowest BCUT2D eigenvalue weighted by atomic mass is 10.1. The maximum atomic E-state index is 10.9. The lowest BCUT2D eigenvalue weighted by Crippen LogP contribution is -2.38. The van der Waals surface area contributed by atoms with Crippen LogP contribution in [0.3, 0.4) is 0 Å². The molecule has 1 aromatic carbocycles. The molecule has 1 N–H and O–H groups in total. The third-order valence-corrected chi connectivity index (χ3v) is 2.26. The number of rotatable bonds is 4. The SMILES string of the molecule is Cc1cccc(OC(C)(C)C(=O)O)c1[N+](=O)[O-]. The Morgan fingerprint density at radius 1 is 1.47 bits per heavy atom. The summed E-state index contributed by atoms with van der Waals surface area (Å²) >= 11 is 0. The quantitative estimate of drug-likeness (QED) is 0.642. The largest absolute Gasteiger partial charge is 0.478 e. The van der Waals surface area contributed by atoms with Crippen molar-refractivity contribution in [2.75, 3.05) is 0 Å². The third-order valence-electron chi connectivity index (χ3n) is 2.26. The number of hydrogen-bond donors (Lipinski definition) is 1. The maximum Gasteiger partial charge on any atom is 0.347 e. The molecule has 0 spiro atoms. The van der Waals surface area contributed by atoms with Crippen LogP contribution < -0.4 is 4.74 Å². The Hall–Kier alpha value is -2.11. The third kappa shape index (κ3) is 2.72. The lowest BCUT2D eigenvalue weighted by Gasteiger charge is -2.21. The van der Waals surface area contributed by atoms with Gasteiger partial charge in [-0.1, -0.05) is 12.1 Å². The zero-order valence-corrected chi connectivity index (χ0v) is 9.76. The highest BCUT2D eigenvalue weighted by Crippen LogP contribution is 2.32. The van der Waals surface area contributed by atoms with E-state index in [1.54, 1.807) is 19.1 Å². The van der Waals surface area contributed by atoms with E-state index in [4.69, 9.17) is 9.84 Å². The fraction of sp³-hybridized carbons (Fsp3) is 0.364. The summed E-state index contributed by atoms with van der Waals surface area (Å²) < 4.78 is 5.20. The van der Waals surface area contributed by atoms with Crippen molar-refractivity contribution < 1.29 is 19.6 Å². The Balaban J connectivity index is 3.20. The van der Waals surface area contributed by atoms with Crippen molar-refractivity contribution in [3.05, 3.63) is 33.9 Å². The molecule has 0 aromatic heterocycles. The predicted octanol–water partition coefficient (Wildman–Crippen LogP) is 2.15. The molecule has 0 fully saturated rings. The lowest BCUT2D eigenvalue weighted by molar-refractivity contribution is -0.386. The average molecular weight is 239 g/mol. The number of benzene rings is 1. The van der Waals surface area contributed by atoms with Crippen LogP contribution in [-0.4, -0.2) is 21.6 Å². The van der Waals surface area contributed by atoms with Gasteiger partial charge in [-0.3, -0.25) is 10.1 Å². The Bertz CT molecular complexity index is 467. The summed E-state index contributed by atoms with van der Waals surface area (Å²) in [6.07, 6.45) is 0. The van der Waals surface area contributed by atoms with Crippen LogP contribution in [0.5, 0.6) is 5.75 Å². The number of para-hydroxylation sites is 1. The fourth-order valence-electron chi connectivity index (χ4n) is 1.27. The van der Waals surface area contributed by atoms with Crippen molar-refractivity contribution in [3.63, 3.8) is 0 Å². The zero-order valence-electron chi connectivity index (χ0n) is 9.76. The summed E-state index contributed by atoms with van der Waals surface area (Å²) in [6, 6.07) is 4.53. The molecule has 0 unspecified atom stereocenters. The van der Waals surface area contributed by atoms with Crippen LogP contribution in [-0.2, 0) is 4.79 Å². The van der Waals surface area contributed by atoms with Crippen LogP contribution >= 0.6 is 0 Å². The zero-order chi connectivity index (χ0) is 13.2. The molecule has 0 heterocycles. The van der Waals surface area contributed by atoms with Crippen LogP contribution in [0.1, 0.15) is 19.4 Å². The average Bonchev–Trinajstić information content (AvgIpc) is 2.15. The molecule has 6 heteroatoms. The highest BCUT2D eigenvalue weighted by atomic mass is 16.6. The van der Waals surface area contributed by atoms with Gasteiger partial charge < -0.3 is 9.84 Å². The van der Waals surface area contributed by atoms with Crippen LogP contribution in [0, 0.1) is 17.0 Å². The Labute approximate surface area is 98.0 Å². The molecule has 92 valence electrons. The molecule has 1 rings (SSSR count). The number of aliphatic carboxylic acids is 1. The van der Waals surface area contributed by atoms with E-state index < -0.39 is 16.5 Å². The van der Waals surface area contributed by atoms with Gasteiger partial charge in [-0.05, 0) is 26.8 Å². The maximum absolute atomic E-state index is 10.9. The van der Waals surface area contributed by atoms with Crippen molar-refractivity contribution >= 4 is 11.7 Å². The Kier molecular flexibility index (Phi) is 3.36. The first-order valence-electron chi connectivity index (χ1n) is 4.92. The highest BCUT2D eigenvalue weighted by Gasteiger charge is 2.32. The van der Waals surface area contributed by atoms with E-state index in [1.807, 2.05) is 0 Å². The van der Waals surface area contributed by atoms with Crippen LogP contribution in [0.15, 0.2) is 18.2 Å². The van der Waals surface area contributed by atoms with Gasteiger partial charge in [0, 0.05) is 5.56 Å². The van der Waals surface area contributed by atoms with E-state index in [1.165, 1.54) is 19.9 Å². The minimum Gasteiger partial charge on any atom is -0.478 e. The van der Waals surface area contributed by atoms with E-state index in [0.29, 0.717) is 5.56 Å². The molecule has 0 saturated heterocycles. The smallest absolute Gasteiger partial charge is 0.347 e. The molecule has 17 heavy (non-hydrogen) atoms. The van der Waals surface area contributed by atoms with Gasteiger partial charge in [0.1, 0.15) is 0 Å². The number of aryl methyl sites for hydroxylation is 1. The van der Waals surface area contributed by atoms with Crippen molar-refractivity contribution in [2.45, 2.75) is 26.4 Å². The van der Waals surface area contributed by atoms with E-state index in [2.05, 4.69) is 0 Å². The monoisotopic (exact) mass is 239 g/mol. The van der Waals surface area contributed by atoms with E-state index in [-0.39, 0.29) is 11.4 Å². The minimum atomic E-state index is -1.52. The van der Waals surface area contributed by atoms with E-state index >= 15 is 0 Å². The van der Waals surface area contributed by atoms with Gasteiger partial charge in [0.15, 0.2) is 11.4 Å². The normalized spacial score (nSPS) is 11.0. The standard InChI is InChI=1S/C11H13NO5/c1-7-5-4-6-8(9(7)12(15)16)17-11(2,3)10(13)14/h4-6H,1-3H3,(H,13,14). The first-order chi connectivity index (χ1) is 7.75. The summed E-state index contributed by atoms with van der Waals surface area (Å²) in [4.78, 5) is 21.2. The molecular weight excluding hydrogens is 226 g/mol. The second-order valence-electron chi connectivity index (χ2n) is 4.10. The number of ether oxygens (including phenoxy) is 1. The Morgan fingerprint density at radius 3 is 2.53 bits per heavy atom. The van der Waals surface area contributed by atoms with E-state index in [0.717, 1.165) is 0 Å². The van der Waals surface area contributed by atoms with Gasteiger partial charge >= 0.3 is 11.7 Å². The van der Waals surface area contributed by atoms with Gasteiger partial charge in [-0.2, -0.15) is 0 Å². The molecule has 0 aliphatic rings. The summed E-state index contributed by atoms with van der Waals surface area (Å²) in [5, 5.41) is 19.8. The molecule has 0 saturated carbocycles. The van der Waals surface area contributed by atoms with Gasteiger partial charge in [0.2, 0.25) is 0 Å². The van der Waals surface area contributed by atoms with Crippen LogP contribution in [0.4, 0.5) is 5.69 Å². The van der Waals surface area contributed by atoms with Crippen LogP contribution in [0.25, 0.3) is 0 Å². The molecule has 0 aliphatic heterocycles. The summed E-state index contributed by atoms with van der Waals surface area (Å²) in [5.74, 6) is -1.23. The fourth-order valence-corrected chi connectivity index (χ4v) is 1.27. The van der Waals surface area contributed by atoms with Crippen molar-refractivity contribution in [3.8, 4) is 5.75 Å². The molecule has 1 aromatic rings. The van der Waals surface area contributed by atoms with E-state index in [9.17, 15) is 14.9 Å². The van der Waals surface area contributed by atoms with Crippen molar-refractivity contribution in [2.24, 2.45) is 0 Å².